The van der Waals surface area contributed by atoms with E-state index in [0.717, 1.165) is 0 Å². The maximum atomic E-state index is 11.8. The van der Waals surface area contributed by atoms with Crippen molar-refractivity contribution < 1.29 is 18.3 Å². The number of H-pyrrole nitrogens is 1. The van der Waals surface area contributed by atoms with Gasteiger partial charge in [0.25, 0.3) is 10.0 Å². The summed E-state index contributed by atoms with van der Waals surface area (Å²) < 4.78 is 31.0. The predicted molar refractivity (Wildman–Crippen MR) is 65.7 cm³/mol. The quantitative estimate of drug-likeness (QED) is 0.535. The lowest BCUT2D eigenvalue weighted by molar-refractivity contribution is 0.0913. The average molecular weight is 277 g/mol. The van der Waals surface area contributed by atoms with Gasteiger partial charge in [0.05, 0.1) is 19.4 Å². The van der Waals surface area contributed by atoms with Crippen LogP contribution in [0.5, 0.6) is 0 Å². The number of ether oxygens (including phenoxy) is 1. The summed E-state index contributed by atoms with van der Waals surface area (Å²) in [5.74, 6) is 0.640. The number of nitrogens with one attached hydrogen (secondary N) is 2. The average Bonchev–Trinajstić information content (AvgIpc) is 2.83. The third-order valence-corrected chi connectivity index (χ3v) is 3.59. The lowest BCUT2D eigenvalue weighted by atomic mass is 10.5. The molecular formula is C10H19N3O4S. The van der Waals surface area contributed by atoms with Crippen molar-refractivity contribution in [3.05, 3.63) is 12.0 Å². The topological polar surface area (TPSA) is 104 Å². The Morgan fingerprint density at radius 1 is 1.50 bits per heavy atom. The third kappa shape index (κ3) is 4.73. The smallest absolute Gasteiger partial charge is 0.257 e. The van der Waals surface area contributed by atoms with E-state index >= 15 is 0 Å². The molecule has 0 saturated heterocycles. The number of aliphatic hydroxyl groups excluding tert-OH is 1. The van der Waals surface area contributed by atoms with Crippen molar-refractivity contribution in [1.29, 1.82) is 0 Å². The molecule has 1 heterocycles. The van der Waals surface area contributed by atoms with Crippen LogP contribution in [0.2, 0.25) is 0 Å². The number of sulfonamides is 1. The van der Waals surface area contributed by atoms with Crippen LogP contribution in [0, 0.1) is 0 Å². The predicted octanol–water partition coefficient (Wildman–Crippen LogP) is -0.351. The molecule has 0 unspecified atom stereocenters. The van der Waals surface area contributed by atoms with Gasteiger partial charge < -0.3 is 14.8 Å². The summed E-state index contributed by atoms with van der Waals surface area (Å²) in [5.41, 5.74) is 0. The molecule has 0 amide bonds. The molecule has 0 bridgehead atoms. The second kappa shape index (κ2) is 7.47. The molecule has 1 aromatic rings. The van der Waals surface area contributed by atoms with Crippen LogP contribution in [0.3, 0.4) is 0 Å². The maximum Gasteiger partial charge on any atom is 0.257 e. The molecule has 8 heteroatoms. The Labute approximate surface area is 107 Å². The Morgan fingerprint density at radius 2 is 2.28 bits per heavy atom. The van der Waals surface area contributed by atoms with Crippen molar-refractivity contribution in [3.8, 4) is 0 Å². The van der Waals surface area contributed by atoms with Gasteiger partial charge in [-0.15, -0.1) is 0 Å². The molecule has 0 fully saturated rings. The number of aromatic amines is 1. The number of hydrogen-bond acceptors (Lipinski definition) is 5. The van der Waals surface area contributed by atoms with E-state index in [0.29, 0.717) is 25.3 Å². The van der Waals surface area contributed by atoms with Crippen molar-refractivity contribution >= 4 is 10.0 Å². The SMILES string of the molecule is CCc1ncc(S(=O)(=O)NCCCOCCO)[nH]1. The summed E-state index contributed by atoms with van der Waals surface area (Å²) >= 11 is 0. The minimum absolute atomic E-state index is 0.0281. The lowest BCUT2D eigenvalue weighted by Crippen LogP contribution is -2.26. The van der Waals surface area contributed by atoms with E-state index < -0.39 is 10.0 Å². The minimum Gasteiger partial charge on any atom is -0.394 e. The molecule has 0 radical (unpaired) electrons. The van der Waals surface area contributed by atoms with Crippen LogP contribution in [-0.4, -0.2) is 49.9 Å². The number of hydrogen-bond donors (Lipinski definition) is 3. The van der Waals surface area contributed by atoms with Gasteiger partial charge >= 0.3 is 0 Å². The van der Waals surface area contributed by atoms with Gasteiger partial charge in [0.1, 0.15) is 5.82 Å². The summed E-state index contributed by atoms with van der Waals surface area (Å²) in [4.78, 5) is 6.68. The molecule has 104 valence electrons. The van der Waals surface area contributed by atoms with Crippen molar-refractivity contribution in [3.63, 3.8) is 0 Å². The zero-order valence-corrected chi connectivity index (χ0v) is 11.2. The van der Waals surface area contributed by atoms with Gasteiger partial charge in [0.15, 0.2) is 5.03 Å². The normalized spacial score (nSPS) is 11.9. The van der Waals surface area contributed by atoms with Gasteiger partial charge in [0.2, 0.25) is 0 Å². The Kier molecular flexibility index (Phi) is 6.27. The molecule has 0 saturated carbocycles. The van der Waals surface area contributed by atoms with Gasteiger partial charge in [-0.25, -0.2) is 18.1 Å². The molecule has 18 heavy (non-hydrogen) atoms. The Hall–Kier alpha value is -0.960. The number of aryl methyl sites for hydroxylation is 1. The molecular weight excluding hydrogens is 258 g/mol. The van der Waals surface area contributed by atoms with Crippen LogP contribution in [0.15, 0.2) is 11.2 Å². The summed E-state index contributed by atoms with van der Waals surface area (Å²) in [5, 5.41) is 8.56. The molecule has 0 atom stereocenters. The molecule has 1 aromatic heterocycles. The molecule has 7 nitrogen and oxygen atoms in total. The zero-order chi connectivity index (χ0) is 13.4. The molecule has 0 aliphatic heterocycles. The standard InChI is InChI=1S/C10H19N3O4S/c1-2-9-11-8-10(13-9)18(15,16)12-4-3-6-17-7-5-14/h8,12,14H,2-7H2,1H3,(H,11,13). The lowest BCUT2D eigenvalue weighted by Gasteiger charge is -2.05. The van der Waals surface area contributed by atoms with Crippen molar-refractivity contribution in [2.75, 3.05) is 26.4 Å². The van der Waals surface area contributed by atoms with Crippen molar-refractivity contribution in [2.45, 2.75) is 24.8 Å². The number of aromatic nitrogens is 2. The van der Waals surface area contributed by atoms with Gasteiger partial charge in [-0.05, 0) is 6.42 Å². The molecule has 0 aliphatic rings. The van der Waals surface area contributed by atoms with Crippen LogP contribution in [-0.2, 0) is 21.2 Å². The number of rotatable bonds is 9. The third-order valence-electron chi connectivity index (χ3n) is 2.22. The Morgan fingerprint density at radius 3 is 2.89 bits per heavy atom. The highest BCUT2D eigenvalue weighted by Gasteiger charge is 2.15. The fourth-order valence-corrected chi connectivity index (χ4v) is 2.30. The van der Waals surface area contributed by atoms with Crippen LogP contribution in [0.1, 0.15) is 19.2 Å². The van der Waals surface area contributed by atoms with Gasteiger partial charge in [0, 0.05) is 19.6 Å². The summed E-state index contributed by atoms with van der Waals surface area (Å²) in [6, 6.07) is 0. The Balaban J connectivity index is 2.36. The van der Waals surface area contributed by atoms with Crippen LogP contribution in [0.4, 0.5) is 0 Å². The second-order valence-corrected chi connectivity index (χ2v) is 5.37. The van der Waals surface area contributed by atoms with Gasteiger partial charge in [-0.1, -0.05) is 6.92 Å². The molecule has 0 aromatic carbocycles. The first-order valence-electron chi connectivity index (χ1n) is 5.82. The highest BCUT2D eigenvalue weighted by atomic mass is 32.2. The molecule has 3 N–H and O–H groups in total. The largest absolute Gasteiger partial charge is 0.394 e. The van der Waals surface area contributed by atoms with Crippen molar-refractivity contribution in [2.24, 2.45) is 0 Å². The first kappa shape index (κ1) is 15.1. The van der Waals surface area contributed by atoms with E-state index in [1.165, 1.54) is 6.20 Å². The zero-order valence-electron chi connectivity index (χ0n) is 10.3. The van der Waals surface area contributed by atoms with E-state index in [2.05, 4.69) is 14.7 Å². The van der Waals surface area contributed by atoms with E-state index in [1.807, 2.05) is 6.92 Å². The van der Waals surface area contributed by atoms with E-state index in [1.54, 1.807) is 0 Å². The Bertz CT molecular complexity index is 444. The number of imidazole rings is 1. The van der Waals surface area contributed by atoms with E-state index in [4.69, 9.17) is 9.84 Å². The maximum absolute atomic E-state index is 11.8. The molecule has 0 spiro atoms. The van der Waals surface area contributed by atoms with Crippen LogP contribution < -0.4 is 4.72 Å². The summed E-state index contributed by atoms with van der Waals surface area (Å²) in [6.45, 7) is 2.83. The highest BCUT2D eigenvalue weighted by molar-refractivity contribution is 7.89. The fourth-order valence-electron chi connectivity index (χ4n) is 1.28. The van der Waals surface area contributed by atoms with Crippen molar-refractivity contribution in [1.82, 2.24) is 14.7 Å². The highest BCUT2D eigenvalue weighted by Crippen LogP contribution is 2.05. The summed E-state index contributed by atoms with van der Waals surface area (Å²) in [6.07, 6.45) is 2.52. The van der Waals surface area contributed by atoms with Crippen LogP contribution >= 0.6 is 0 Å². The number of aliphatic hydroxyl groups is 1. The summed E-state index contributed by atoms with van der Waals surface area (Å²) in [7, 11) is -3.52. The molecule has 1 rings (SSSR count). The minimum atomic E-state index is -3.52. The second-order valence-electron chi connectivity index (χ2n) is 3.64. The first-order chi connectivity index (χ1) is 8.60. The van der Waals surface area contributed by atoms with Gasteiger partial charge in [-0.3, -0.25) is 0 Å². The van der Waals surface area contributed by atoms with Crippen LogP contribution in [0.25, 0.3) is 0 Å². The van der Waals surface area contributed by atoms with E-state index in [9.17, 15) is 8.42 Å². The number of nitrogens with zero attached hydrogens (tertiary/aromatic N) is 1. The first-order valence-corrected chi connectivity index (χ1v) is 7.30. The molecule has 0 aliphatic carbocycles. The monoisotopic (exact) mass is 277 g/mol. The van der Waals surface area contributed by atoms with Gasteiger partial charge in [-0.2, -0.15) is 0 Å². The van der Waals surface area contributed by atoms with E-state index in [-0.39, 0.29) is 24.8 Å². The fraction of sp³-hybridized carbons (Fsp3) is 0.700.